The molecule has 12 heavy (non-hydrogen) atoms. The average molecular weight is 172 g/mol. The largest absolute Gasteiger partial charge is 0.478 e. The fraction of sp³-hybridized carbons (Fsp3) is 0.667. The molecule has 0 saturated carbocycles. The van der Waals surface area contributed by atoms with Crippen molar-refractivity contribution in [2.75, 3.05) is 13.2 Å². The first kappa shape index (κ1) is 11.2. The van der Waals surface area contributed by atoms with Crippen LogP contribution in [0.3, 0.4) is 0 Å². The van der Waals surface area contributed by atoms with Gasteiger partial charge in [0.05, 0.1) is 6.61 Å². The van der Waals surface area contributed by atoms with E-state index in [0.29, 0.717) is 31.6 Å². The van der Waals surface area contributed by atoms with Crippen molar-refractivity contribution in [1.82, 2.24) is 0 Å². The predicted octanol–water partition coefficient (Wildman–Crippen LogP) is 1.83. The molecule has 0 rings (SSSR count). The SMILES string of the molecule is CCOCCC=C(CC)C(=O)O. The number of aliphatic carboxylic acids is 1. The maximum absolute atomic E-state index is 10.5. The molecule has 0 amide bonds. The van der Waals surface area contributed by atoms with Crippen LogP contribution in [0.4, 0.5) is 0 Å². The van der Waals surface area contributed by atoms with Crippen molar-refractivity contribution in [3.05, 3.63) is 11.6 Å². The molecule has 0 radical (unpaired) electrons. The van der Waals surface area contributed by atoms with Gasteiger partial charge in [0, 0.05) is 12.2 Å². The van der Waals surface area contributed by atoms with Crippen LogP contribution >= 0.6 is 0 Å². The molecule has 70 valence electrons. The van der Waals surface area contributed by atoms with Crippen LogP contribution in [0.5, 0.6) is 0 Å². The highest BCUT2D eigenvalue weighted by Gasteiger charge is 2.01. The van der Waals surface area contributed by atoms with E-state index in [1.54, 1.807) is 6.08 Å². The highest BCUT2D eigenvalue weighted by atomic mass is 16.5. The quantitative estimate of drug-likeness (QED) is 0.491. The number of ether oxygens (including phenoxy) is 1. The molecule has 0 aromatic carbocycles. The highest BCUT2D eigenvalue weighted by Crippen LogP contribution is 2.02. The van der Waals surface area contributed by atoms with Gasteiger partial charge in [-0.1, -0.05) is 13.0 Å². The molecule has 0 aromatic heterocycles. The van der Waals surface area contributed by atoms with Crippen LogP contribution in [-0.4, -0.2) is 24.3 Å². The van der Waals surface area contributed by atoms with Crippen molar-refractivity contribution in [2.45, 2.75) is 26.7 Å². The number of rotatable bonds is 6. The second kappa shape index (κ2) is 6.85. The molecule has 0 aliphatic carbocycles. The van der Waals surface area contributed by atoms with Crippen LogP contribution in [-0.2, 0) is 9.53 Å². The Morgan fingerprint density at radius 1 is 1.50 bits per heavy atom. The fourth-order valence-electron chi connectivity index (χ4n) is 0.844. The second-order valence-electron chi connectivity index (χ2n) is 2.37. The van der Waals surface area contributed by atoms with E-state index in [4.69, 9.17) is 9.84 Å². The third-order valence-corrected chi connectivity index (χ3v) is 1.51. The van der Waals surface area contributed by atoms with Gasteiger partial charge in [-0.25, -0.2) is 4.79 Å². The molecule has 0 aromatic rings. The summed E-state index contributed by atoms with van der Waals surface area (Å²) in [5.74, 6) is -0.825. The first-order valence-corrected chi connectivity index (χ1v) is 4.22. The van der Waals surface area contributed by atoms with Crippen LogP contribution in [0.1, 0.15) is 26.7 Å². The van der Waals surface area contributed by atoms with Gasteiger partial charge in [0.15, 0.2) is 0 Å². The minimum absolute atomic E-state index is 0.467. The minimum Gasteiger partial charge on any atom is -0.478 e. The zero-order chi connectivity index (χ0) is 9.40. The van der Waals surface area contributed by atoms with Crippen LogP contribution < -0.4 is 0 Å². The molecule has 0 heterocycles. The van der Waals surface area contributed by atoms with E-state index >= 15 is 0 Å². The van der Waals surface area contributed by atoms with Crippen LogP contribution in [0.15, 0.2) is 11.6 Å². The van der Waals surface area contributed by atoms with E-state index in [0.717, 1.165) is 0 Å². The normalized spacial score (nSPS) is 11.7. The molecule has 0 spiro atoms. The van der Waals surface area contributed by atoms with Crippen molar-refractivity contribution >= 4 is 5.97 Å². The van der Waals surface area contributed by atoms with Gasteiger partial charge in [0.1, 0.15) is 0 Å². The lowest BCUT2D eigenvalue weighted by Gasteiger charge is -1.98. The number of carboxylic acid groups (broad SMARTS) is 1. The van der Waals surface area contributed by atoms with E-state index in [9.17, 15) is 4.79 Å². The Labute approximate surface area is 73.0 Å². The fourth-order valence-corrected chi connectivity index (χ4v) is 0.844. The lowest BCUT2D eigenvalue weighted by atomic mass is 10.2. The highest BCUT2D eigenvalue weighted by molar-refractivity contribution is 5.86. The van der Waals surface area contributed by atoms with Gasteiger partial charge in [-0.3, -0.25) is 0 Å². The molecular formula is C9H16O3. The van der Waals surface area contributed by atoms with E-state index in [1.165, 1.54) is 0 Å². The maximum Gasteiger partial charge on any atom is 0.331 e. The van der Waals surface area contributed by atoms with Crippen molar-refractivity contribution in [1.29, 1.82) is 0 Å². The van der Waals surface area contributed by atoms with E-state index in [-0.39, 0.29) is 0 Å². The second-order valence-corrected chi connectivity index (χ2v) is 2.37. The monoisotopic (exact) mass is 172 g/mol. The van der Waals surface area contributed by atoms with Crippen molar-refractivity contribution < 1.29 is 14.6 Å². The third-order valence-electron chi connectivity index (χ3n) is 1.51. The first-order chi connectivity index (χ1) is 5.72. The molecule has 0 bridgehead atoms. The summed E-state index contributed by atoms with van der Waals surface area (Å²) in [7, 11) is 0. The van der Waals surface area contributed by atoms with Crippen LogP contribution in [0, 0.1) is 0 Å². The number of carboxylic acids is 1. The van der Waals surface area contributed by atoms with Crippen LogP contribution in [0.2, 0.25) is 0 Å². The Bertz CT molecular complexity index is 161. The Hall–Kier alpha value is -0.830. The molecule has 0 aliphatic rings. The standard InChI is InChI=1S/C9H16O3/c1-3-8(9(10)11)6-5-7-12-4-2/h6H,3-5,7H2,1-2H3,(H,10,11). The first-order valence-electron chi connectivity index (χ1n) is 4.22. The summed E-state index contributed by atoms with van der Waals surface area (Å²) >= 11 is 0. The van der Waals surface area contributed by atoms with E-state index < -0.39 is 5.97 Å². The Balaban J connectivity index is 3.71. The van der Waals surface area contributed by atoms with Gasteiger partial charge in [0.25, 0.3) is 0 Å². The molecule has 1 N–H and O–H groups in total. The zero-order valence-electron chi connectivity index (χ0n) is 7.67. The molecule has 3 nitrogen and oxygen atoms in total. The van der Waals surface area contributed by atoms with Crippen molar-refractivity contribution in [3.63, 3.8) is 0 Å². The number of carbonyl (C=O) groups is 1. The molecule has 0 aliphatic heterocycles. The molecular weight excluding hydrogens is 156 g/mol. The van der Waals surface area contributed by atoms with Crippen LogP contribution in [0.25, 0.3) is 0 Å². The lowest BCUT2D eigenvalue weighted by Crippen LogP contribution is -2.00. The van der Waals surface area contributed by atoms with Crippen molar-refractivity contribution in [3.8, 4) is 0 Å². The molecule has 0 unspecified atom stereocenters. The Kier molecular flexibility index (Phi) is 6.38. The summed E-state index contributed by atoms with van der Waals surface area (Å²) in [5, 5.41) is 8.62. The Morgan fingerprint density at radius 3 is 2.58 bits per heavy atom. The topological polar surface area (TPSA) is 46.5 Å². The number of hydrogen-bond acceptors (Lipinski definition) is 2. The molecule has 0 saturated heterocycles. The lowest BCUT2D eigenvalue weighted by molar-refractivity contribution is -0.132. The summed E-state index contributed by atoms with van der Waals surface area (Å²) in [5.41, 5.74) is 0.467. The summed E-state index contributed by atoms with van der Waals surface area (Å²) < 4.78 is 5.07. The van der Waals surface area contributed by atoms with Gasteiger partial charge in [-0.15, -0.1) is 0 Å². The van der Waals surface area contributed by atoms with E-state index in [1.807, 2.05) is 13.8 Å². The van der Waals surface area contributed by atoms with Gasteiger partial charge >= 0.3 is 5.97 Å². The smallest absolute Gasteiger partial charge is 0.331 e. The van der Waals surface area contributed by atoms with Gasteiger partial charge in [-0.2, -0.15) is 0 Å². The summed E-state index contributed by atoms with van der Waals surface area (Å²) in [6.07, 6.45) is 2.97. The third kappa shape index (κ3) is 4.91. The Morgan fingerprint density at radius 2 is 2.17 bits per heavy atom. The van der Waals surface area contributed by atoms with Gasteiger partial charge in [-0.05, 0) is 19.8 Å². The van der Waals surface area contributed by atoms with Gasteiger partial charge in [0.2, 0.25) is 0 Å². The summed E-state index contributed by atoms with van der Waals surface area (Å²) in [6.45, 7) is 5.04. The maximum atomic E-state index is 10.5. The molecule has 0 fully saturated rings. The van der Waals surface area contributed by atoms with E-state index in [2.05, 4.69) is 0 Å². The summed E-state index contributed by atoms with van der Waals surface area (Å²) in [4.78, 5) is 10.5. The molecule has 3 heteroatoms. The molecule has 0 atom stereocenters. The minimum atomic E-state index is -0.825. The van der Waals surface area contributed by atoms with Crippen molar-refractivity contribution in [2.24, 2.45) is 0 Å². The number of hydrogen-bond donors (Lipinski definition) is 1. The predicted molar refractivity (Wildman–Crippen MR) is 47.1 cm³/mol. The summed E-state index contributed by atoms with van der Waals surface area (Å²) in [6, 6.07) is 0. The average Bonchev–Trinajstić information content (AvgIpc) is 2.04. The van der Waals surface area contributed by atoms with Gasteiger partial charge < -0.3 is 9.84 Å². The zero-order valence-corrected chi connectivity index (χ0v) is 7.67.